The van der Waals surface area contributed by atoms with Gasteiger partial charge < -0.3 is 5.11 Å². The Kier molecular flexibility index (Phi) is 12.2. The smallest absolute Gasteiger partial charge is 0 e. The van der Waals surface area contributed by atoms with E-state index in [0.717, 1.165) is 16.6 Å². The molecule has 237 valence electrons. The molecule has 0 unspecified atom stereocenters. The molecule has 1 aromatic heterocycles. The van der Waals surface area contributed by atoms with Crippen LogP contribution in [0.15, 0.2) is 84.8 Å². The molecule has 5 heteroatoms. The van der Waals surface area contributed by atoms with Crippen molar-refractivity contribution in [1.29, 1.82) is 0 Å². The van der Waals surface area contributed by atoms with Crippen molar-refractivity contribution in [3.05, 3.63) is 96.4 Å². The van der Waals surface area contributed by atoms with Crippen LogP contribution in [0.4, 0.5) is 0 Å². The van der Waals surface area contributed by atoms with Crippen molar-refractivity contribution >= 4 is 34.2 Å². The molecule has 3 aromatic carbocycles. The van der Waals surface area contributed by atoms with Crippen molar-refractivity contribution < 1.29 is 30.0 Å². The van der Waals surface area contributed by atoms with E-state index in [4.69, 9.17) is 4.98 Å². The second-order valence-electron chi connectivity index (χ2n) is 15.5. The first kappa shape index (κ1) is 37.7. The summed E-state index contributed by atoms with van der Waals surface area (Å²) in [6, 6.07) is 27.9. The molecule has 44 heavy (non-hydrogen) atoms. The molecule has 0 fully saturated rings. The fourth-order valence-corrected chi connectivity index (χ4v) is 6.91. The van der Waals surface area contributed by atoms with Gasteiger partial charge in [-0.2, -0.15) is 0 Å². The Bertz CT molecular complexity index is 1610. The molecule has 0 aliphatic rings. The minimum absolute atomic E-state index is 0. The third-order valence-corrected chi connectivity index (χ3v) is 11.8. The number of ketones is 1. The van der Waals surface area contributed by atoms with Gasteiger partial charge in [-0.3, -0.25) is 4.79 Å². The number of fused-ring (bicyclic) bond motifs is 1. The fourth-order valence-electron chi connectivity index (χ4n) is 4.47. The number of allylic oxidation sites excluding steroid dienone is 2. The zero-order valence-corrected chi connectivity index (χ0v) is 33.1. The normalized spacial score (nSPS) is 12.7. The maximum absolute atomic E-state index is 11.5. The molecule has 1 radical (unpaired) electrons. The Labute approximate surface area is 282 Å². The van der Waals surface area contributed by atoms with Crippen LogP contribution in [0.25, 0.3) is 33.2 Å². The van der Waals surface area contributed by atoms with Gasteiger partial charge in [0.25, 0.3) is 0 Å². The van der Waals surface area contributed by atoms with Crippen LogP contribution >= 0.6 is 0 Å². The summed E-state index contributed by atoms with van der Waals surface area (Å²) >= 11 is -1.79. The summed E-state index contributed by atoms with van der Waals surface area (Å²) in [5.74, 6) is 7.40. The summed E-state index contributed by atoms with van der Waals surface area (Å²) < 4.78 is 1.53. The van der Waals surface area contributed by atoms with Crippen molar-refractivity contribution in [2.45, 2.75) is 85.0 Å². The number of hydrogen-bond acceptors (Lipinski definition) is 3. The molecule has 3 nitrogen and oxygen atoms in total. The van der Waals surface area contributed by atoms with E-state index in [1.54, 1.807) is 0 Å². The van der Waals surface area contributed by atoms with Gasteiger partial charge in [-0.1, -0.05) is 47.6 Å². The maximum Gasteiger partial charge on any atom is 0 e. The Morgan fingerprint density at radius 2 is 1.39 bits per heavy atom. The molecule has 4 aromatic rings. The minimum atomic E-state index is -1.79. The van der Waals surface area contributed by atoms with E-state index in [9.17, 15) is 9.90 Å². The molecular formula is C39H50GeIrNO2-. The standard InChI is InChI=1S/C28H30GeN.C11H20O2.Ir/c1-28(2,3)26-18-23(17-22-9-7-8-10-25(22)26)27-19-21(15-16-30-27)20-11-13-24(14-12-20)29(4,5)6;1-10(2,3)8(12)7-9(13)11(4,5)6;/h7-16,18-19H,1-6H3;7,12H,1-6H3;/q-1;;/b;8-7-;. The molecule has 0 aliphatic heterocycles. The van der Waals surface area contributed by atoms with Crippen LogP contribution in [0.5, 0.6) is 0 Å². The first-order valence-corrected chi connectivity index (χ1v) is 22.5. The van der Waals surface area contributed by atoms with Gasteiger partial charge in [-0.15, -0.1) is 0 Å². The maximum atomic E-state index is 11.5. The Morgan fingerprint density at radius 3 is 1.91 bits per heavy atom. The molecule has 0 bridgehead atoms. The number of nitrogens with zero attached hydrogens (tertiary/aromatic N) is 1. The molecule has 1 N–H and O–H groups in total. The zero-order chi connectivity index (χ0) is 32.4. The van der Waals surface area contributed by atoms with Crippen LogP contribution < -0.4 is 4.40 Å². The van der Waals surface area contributed by atoms with Crippen molar-refractivity contribution in [3.63, 3.8) is 0 Å². The van der Waals surface area contributed by atoms with Crippen LogP contribution in [0, 0.1) is 16.9 Å². The largest absolute Gasteiger partial charge is 0 e. The van der Waals surface area contributed by atoms with E-state index in [1.165, 1.54) is 32.5 Å². The summed E-state index contributed by atoms with van der Waals surface area (Å²) in [6.07, 6.45) is 3.25. The van der Waals surface area contributed by atoms with Gasteiger partial charge in [0, 0.05) is 37.0 Å². The summed E-state index contributed by atoms with van der Waals surface area (Å²) in [5, 5.41) is 12.0. The van der Waals surface area contributed by atoms with Crippen LogP contribution in [0.1, 0.15) is 67.9 Å². The number of aliphatic hydroxyl groups is 1. The Hall–Kier alpha value is -2.53. The van der Waals surface area contributed by atoms with Crippen molar-refractivity contribution in [2.24, 2.45) is 10.8 Å². The van der Waals surface area contributed by atoms with Crippen LogP contribution in [0.3, 0.4) is 0 Å². The molecule has 0 saturated heterocycles. The fraction of sp³-hybridized carbons (Fsp3) is 0.385. The average Bonchev–Trinajstić information content (AvgIpc) is 2.91. The second kappa shape index (κ2) is 14.3. The molecule has 0 saturated carbocycles. The Morgan fingerprint density at radius 1 is 0.795 bits per heavy atom. The molecule has 1 heterocycles. The summed E-state index contributed by atoms with van der Waals surface area (Å²) in [7, 11) is 0. The van der Waals surface area contributed by atoms with Gasteiger partial charge in [0.15, 0.2) is 5.78 Å². The van der Waals surface area contributed by atoms with E-state index < -0.39 is 18.7 Å². The minimum Gasteiger partial charge on any atom is 0 e. The number of hydrogen-bond donors (Lipinski definition) is 1. The van der Waals surface area contributed by atoms with Gasteiger partial charge in [0.2, 0.25) is 0 Å². The van der Waals surface area contributed by atoms with Gasteiger partial charge in [-0.05, 0) is 0 Å². The molecule has 0 aliphatic carbocycles. The number of pyridine rings is 1. The first-order valence-electron chi connectivity index (χ1n) is 15.2. The number of aliphatic hydroxyl groups excluding tert-OH is 1. The molecular weight excluding hydrogens is 779 g/mol. The quantitative estimate of drug-likeness (QED) is 0.0965. The predicted octanol–water partition coefficient (Wildman–Crippen LogP) is 10.3. The molecule has 0 amide bonds. The summed E-state index contributed by atoms with van der Waals surface area (Å²) in [5.41, 5.74) is 5.09. The van der Waals surface area contributed by atoms with E-state index in [2.05, 4.69) is 111 Å². The van der Waals surface area contributed by atoms with Crippen LogP contribution in [0.2, 0.25) is 17.3 Å². The first-order chi connectivity index (χ1) is 19.7. The number of carbonyl (C=O) groups is 1. The zero-order valence-electron chi connectivity index (χ0n) is 28.6. The van der Waals surface area contributed by atoms with Gasteiger partial charge >= 0.3 is 178 Å². The van der Waals surface area contributed by atoms with Crippen molar-refractivity contribution in [2.75, 3.05) is 0 Å². The van der Waals surface area contributed by atoms with Crippen molar-refractivity contribution in [1.82, 2.24) is 4.98 Å². The van der Waals surface area contributed by atoms with E-state index in [1.807, 2.05) is 47.7 Å². The third kappa shape index (κ3) is 9.99. The van der Waals surface area contributed by atoms with Gasteiger partial charge in [-0.25, -0.2) is 0 Å². The van der Waals surface area contributed by atoms with E-state index in [0.29, 0.717) is 0 Å². The number of aromatic nitrogens is 1. The summed E-state index contributed by atoms with van der Waals surface area (Å²) in [4.78, 5) is 16.2. The topological polar surface area (TPSA) is 50.2 Å². The average molecular weight is 830 g/mol. The van der Waals surface area contributed by atoms with Gasteiger partial charge in [0.1, 0.15) is 5.76 Å². The number of benzene rings is 3. The van der Waals surface area contributed by atoms with Gasteiger partial charge in [0.05, 0.1) is 0 Å². The van der Waals surface area contributed by atoms with Crippen LogP contribution in [-0.4, -0.2) is 29.1 Å². The molecule has 4 rings (SSSR count). The number of carbonyl (C=O) groups excluding carboxylic acids is 1. The summed E-state index contributed by atoms with van der Waals surface area (Å²) in [6.45, 7) is 17.9. The number of rotatable bonds is 4. The SMILES string of the molecule is CC(C)(C)C(=O)/C=C(\O)C(C)(C)C.CC(C)(C)c1cc(-c2cc(-c3cc[c]([Ge]([CH3])([CH3])[CH3])cc3)ccn2)[c-]c2ccccc12.[Ir]. The van der Waals surface area contributed by atoms with E-state index >= 15 is 0 Å². The van der Waals surface area contributed by atoms with E-state index in [-0.39, 0.29) is 42.5 Å². The van der Waals surface area contributed by atoms with Crippen LogP contribution in [-0.2, 0) is 30.3 Å². The predicted molar refractivity (Wildman–Crippen MR) is 188 cm³/mol. The van der Waals surface area contributed by atoms with Crippen molar-refractivity contribution in [3.8, 4) is 22.4 Å². The Balaban J connectivity index is 0.000000412. The third-order valence-electron chi connectivity index (χ3n) is 7.48. The second-order valence-corrected chi connectivity index (χ2v) is 26.2. The molecule has 0 atom stereocenters. The monoisotopic (exact) mass is 831 g/mol. The molecule has 0 spiro atoms.